The number of nitrogens with zero attached hydrogens (tertiary/aromatic N) is 1. The normalized spacial score (nSPS) is 22.2. The van der Waals surface area contributed by atoms with Crippen molar-refractivity contribution in [3.63, 3.8) is 0 Å². The molecule has 0 spiro atoms. The Balaban J connectivity index is 1.64. The van der Waals surface area contributed by atoms with Crippen LogP contribution in [0.15, 0.2) is 60.7 Å². The molecule has 1 aliphatic rings. The van der Waals surface area contributed by atoms with E-state index < -0.39 is 6.29 Å². The van der Waals surface area contributed by atoms with Crippen molar-refractivity contribution in [1.29, 1.82) is 0 Å². The van der Waals surface area contributed by atoms with Gasteiger partial charge in [0.1, 0.15) is 6.61 Å². The lowest BCUT2D eigenvalue weighted by atomic mass is 9.98. The number of hydrogen-bond acceptors (Lipinski definition) is 4. The Morgan fingerprint density at radius 3 is 2.33 bits per heavy atom. The first-order valence-corrected chi connectivity index (χ1v) is 9.45. The Hall–Kier alpha value is -2.37. The molecule has 1 amide bonds. The van der Waals surface area contributed by atoms with Crippen molar-refractivity contribution in [1.82, 2.24) is 4.90 Å². The van der Waals surface area contributed by atoms with Crippen LogP contribution in [-0.4, -0.2) is 35.0 Å². The highest BCUT2D eigenvalue weighted by molar-refractivity contribution is 5.67. The zero-order valence-electron chi connectivity index (χ0n) is 15.7. The van der Waals surface area contributed by atoms with Crippen molar-refractivity contribution in [2.75, 3.05) is 6.54 Å². The number of carbonyl (C=O) groups is 1. The average Bonchev–Trinajstić information content (AvgIpc) is 2.70. The molecule has 1 fully saturated rings. The molecule has 2 aromatic rings. The number of benzene rings is 2. The molecule has 5 heteroatoms. The van der Waals surface area contributed by atoms with Crippen molar-refractivity contribution in [2.24, 2.45) is 5.92 Å². The fraction of sp³-hybridized carbons (Fsp3) is 0.409. The second kappa shape index (κ2) is 9.53. The number of hydrogen-bond donors (Lipinski definition) is 1. The summed E-state index contributed by atoms with van der Waals surface area (Å²) in [5.41, 5.74) is 1.97. The maximum absolute atomic E-state index is 12.7. The van der Waals surface area contributed by atoms with Gasteiger partial charge in [-0.05, 0) is 24.0 Å². The third-order valence-electron chi connectivity index (χ3n) is 4.87. The Labute approximate surface area is 160 Å². The van der Waals surface area contributed by atoms with Gasteiger partial charge in [0.05, 0.1) is 12.6 Å². The zero-order valence-corrected chi connectivity index (χ0v) is 15.7. The highest BCUT2D eigenvalue weighted by Gasteiger charge is 2.29. The van der Waals surface area contributed by atoms with Crippen molar-refractivity contribution in [3.8, 4) is 0 Å². The molecule has 1 saturated heterocycles. The van der Waals surface area contributed by atoms with Crippen LogP contribution in [0.5, 0.6) is 0 Å². The Kier molecular flexibility index (Phi) is 6.85. The van der Waals surface area contributed by atoms with E-state index in [1.54, 1.807) is 4.90 Å². The minimum Gasteiger partial charge on any atom is -0.445 e. The topological polar surface area (TPSA) is 59.0 Å². The minimum absolute atomic E-state index is 0.119. The molecule has 0 aliphatic carbocycles. The third kappa shape index (κ3) is 5.81. The van der Waals surface area contributed by atoms with Gasteiger partial charge in [0, 0.05) is 12.5 Å². The first-order chi connectivity index (χ1) is 13.1. The van der Waals surface area contributed by atoms with E-state index >= 15 is 0 Å². The molecule has 3 atom stereocenters. The summed E-state index contributed by atoms with van der Waals surface area (Å²) in [7, 11) is 0. The number of amides is 1. The zero-order chi connectivity index (χ0) is 19.1. The second-order valence-electron chi connectivity index (χ2n) is 7.11. The molecule has 27 heavy (non-hydrogen) atoms. The van der Waals surface area contributed by atoms with E-state index in [4.69, 9.17) is 9.47 Å². The van der Waals surface area contributed by atoms with Gasteiger partial charge in [0.15, 0.2) is 6.29 Å². The molecule has 0 aromatic heterocycles. The largest absolute Gasteiger partial charge is 0.445 e. The molecular weight excluding hydrogens is 342 g/mol. The summed E-state index contributed by atoms with van der Waals surface area (Å²) in [5, 5.41) is 9.98. The molecule has 3 rings (SSSR count). The molecule has 0 bridgehead atoms. The molecule has 1 aliphatic heterocycles. The number of rotatable bonds is 6. The van der Waals surface area contributed by atoms with Gasteiger partial charge in [0.2, 0.25) is 0 Å². The average molecular weight is 369 g/mol. The monoisotopic (exact) mass is 369 g/mol. The van der Waals surface area contributed by atoms with E-state index in [-0.39, 0.29) is 24.7 Å². The van der Waals surface area contributed by atoms with E-state index in [9.17, 15) is 9.90 Å². The van der Waals surface area contributed by atoms with Crippen LogP contribution in [0.2, 0.25) is 0 Å². The van der Waals surface area contributed by atoms with Crippen molar-refractivity contribution in [2.45, 2.75) is 45.3 Å². The lowest BCUT2D eigenvalue weighted by molar-refractivity contribution is -0.192. The molecule has 5 nitrogen and oxygen atoms in total. The highest BCUT2D eigenvalue weighted by atomic mass is 16.6. The van der Waals surface area contributed by atoms with Crippen LogP contribution >= 0.6 is 0 Å². The van der Waals surface area contributed by atoms with Crippen LogP contribution in [0.4, 0.5) is 4.79 Å². The smallest absolute Gasteiger partial charge is 0.410 e. The minimum atomic E-state index is -0.775. The van der Waals surface area contributed by atoms with E-state index in [1.807, 2.05) is 67.6 Å². The third-order valence-corrected chi connectivity index (χ3v) is 4.87. The fourth-order valence-electron chi connectivity index (χ4n) is 3.19. The number of aliphatic hydroxyl groups excluding tert-OH is 1. The molecule has 2 aromatic carbocycles. The lowest BCUT2D eigenvalue weighted by Gasteiger charge is -2.34. The predicted octanol–water partition coefficient (Wildman–Crippen LogP) is 3.96. The Bertz CT molecular complexity index is 707. The standard InChI is InChI=1S/C22H27NO4/c1-17-12-13-20(27-21(17)24)15-23(14-18-8-4-2-5-9-18)22(25)26-16-19-10-6-3-7-11-19/h2-11,17,20-21,24H,12-16H2,1H3/t17?,20-,21?/m0/s1. The van der Waals surface area contributed by atoms with Gasteiger partial charge in [-0.25, -0.2) is 4.79 Å². The van der Waals surface area contributed by atoms with Crippen molar-refractivity contribution >= 4 is 6.09 Å². The summed E-state index contributed by atoms with van der Waals surface area (Å²) in [4.78, 5) is 14.4. The predicted molar refractivity (Wildman–Crippen MR) is 103 cm³/mol. The first-order valence-electron chi connectivity index (χ1n) is 9.45. The van der Waals surface area contributed by atoms with Crippen molar-refractivity contribution < 1.29 is 19.4 Å². The van der Waals surface area contributed by atoms with Crippen LogP contribution in [0, 0.1) is 5.92 Å². The lowest BCUT2D eigenvalue weighted by Crippen LogP contribution is -2.43. The van der Waals surface area contributed by atoms with Gasteiger partial charge in [-0.3, -0.25) is 0 Å². The molecule has 2 unspecified atom stereocenters. The van der Waals surface area contributed by atoms with E-state index in [2.05, 4.69) is 0 Å². The maximum atomic E-state index is 12.7. The summed E-state index contributed by atoms with van der Waals surface area (Å²) < 4.78 is 11.2. The molecule has 1 heterocycles. The van der Waals surface area contributed by atoms with Crippen LogP contribution in [0.25, 0.3) is 0 Å². The quantitative estimate of drug-likeness (QED) is 0.837. The van der Waals surface area contributed by atoms with E-state index in [0.717, 1.165) is 24.0 Å². The summed E-state index contributed by atoms with van der Waals surface area (Å²) in [6.45, 7) is 3.04. The summed E-state index contributed by atoms with van der Waals surface area (Å²) in [6.07, 6.45) is 0.353. The summed E-state index contributed by atoms with van der Waals surface area (Å²) in [5.74, 6) is 0.119. The fourth-order valence-corrected chi connectivity index (χ4v) is 3.19. The molecule has 1 N–H and O–H groups in total. The summed E-state index contributed by atoms with van der Waals surface area (Å²) >= 11 is 0. The van der Waals surface area contributed by atoms with Crippen molar-refractivity contribution in [3.05, 3.63) is 71.8 Å². The number of ether oxygens (including phenoxy) is 2. The van der Waals surface area contributed by atoms with Gasteiger partial charge in [0.25, 0.3) is 0 Å². The molecule has 0 saturated carbocycles. The van der Waals surface area contributed by atoms with Gasteiger partial charge in [-0.2, -0.15) is 0 Å². The van der Waals surface area contributed by atoms with Crippen LogP contribution < -0.4 is 0 Å². The number of aliphatic hydroxyl groups is 1. The highest BCUT2D eigenvalue weighted by Crippen LogP contribution is 2.24. The van der Waals surface area contributed by atoms with Gasteiger partial charge in [-0.1, -0.05) is 67.6 Å². The van der Waals surface area contributed by atoms with Crippen LogP contribution in [-0.2, 0) is 22.6 Å². The SMILES string of the molecule is CC1CC[C@@H](CN(Cc2ccccc2)C(=O)OCc2ccccc2)OC1O. The maximum Gasteiger partial charge on any atom is 0.410 e. The second-order valence-corrected chi connectivity index (χ2v) is 7.11. The van der Waals surface area contributed by atoms with Crippen LogP contribution in [0.3, 0.4) is 0 Å². The Morgan fingerprint density at radius 1 is 1.07 bits per heavy atom. The van der Waals surface area contributed by atoms with E-state index in [0.29, 0.717) is 13.1 Å². The van der Waals surface area contributed by atoms with Gasteiger partial charge in [-0.15, -0.1) is 0 Å². The first kappa shape index (κ1) is 19.4. The van der Waals surface area contributed by atoms with Crippen LogP contribution in [0.1, 0.15) is 30.9 Å². The summed E-state index contributed by atoms with van der Waals surface area (Å²) in [6, 6.07) is 19.4. The molecule has 144 valence electrons. The van der Waals surface area contributed by atoms with E-state index in [1.165, 1.54) is 0 Å². The molecular formula is C22H27NO4. The molecule has 0 radical (unpaired) electrons. The van der Waals surface area contributed by atoms with Gasteiger partial charge < -0.3 is 19.5 Å². The Morgan fingerprint density at radius 2 is 1.70 bits per heavy atom. The number of carbonyl (C=O) groups excluding carboxylic acids is 1. The van der Waals surface area contributed by atoms with Gasteiger partial charge >= 0.3 is 6.09 Å².